The molecule has 2 aromatic heterocycles. The van der Waals surface area contributed by atoms with E-state index in [2.05, 4.69) is 140 Å². The maximum atomic E-state index is 9.04. The van der Waals surface area contributed by atoms with Gasteiger partial charge in [-0.1, -0.05) is 188 Å². The SMILES string of the molecule is N=C(N=C(N=Cc1cccc2oc3ccc(-c4ccc(-c5ccc6c(c5)-c5ccccc5C65c6ccccc6-c6ccccc65)cc4)cc3c12)c1cccc2oc3ccccc3c12)c1ccccc1. The summed E-state index contributed by atoms with van der Waals surface area (Å²) in [5.41, 5.74) is 20.2. The zero-order valence-electron chi connectivity index (χ0n) is 37.2. The zero-order chi connectivity index (χ0) is 45.6. The van der Waals surface area contributed by atoms with Crippen LogP contribution in [0, 0.1) is 5.41 Å². The number of amidine groups is 2. The standard InChI is InChI=1S/C64H39N3O2/c65-62(41-14-2-1-3-15-41)67-63(49-21-13-27-59-61(49)48-20-7-11-25-56(48)68-59)66-38-44-16-12-26-58-60(44)51-37-43(33-35-57(51)69-58)40-30-28-39(29-31-40)42-32-34-55-50(36-42)47-19-6-10-24-54(47)64(55)52-22-8-4-17-45(52)46-18-5-9-23-53(46)64/h1-38,65H. The van der Waals surface area contributed by atoms with Crippen LogP contribution in [0.25, 0.3) is 88.4 Å². The van der Waals surface area contributed by atoms with Gasteiger partial charge in [-0.15, -0.1) is 0 Å². The summed E-state index contributed by atoms with van der Waals surface area (Å²) >= 11 is 0. The van der Waals surface area contributed by atoms with Gasteiger partial charge in [0.05, 0.1) is 5.41 Å². The Bertz CT molecular complexity index is 4110. The van der Waals surface area contributed by atoms with Gasteiger partial charge in [-0.3, -0.25) is 5.41 Å². The number of nitrogens with zero attached hydrogens (tertiary/aromatic N) is 2. The van der Waals surface area contributed by atoms with Gasteiger partial charge in [0.15, 0.2) is 11.7 Å². The fraction of sp³-hybridized carbons (Fsp3) is 0.0156. The molecular weight excluding hydrogens is 843 g/mol. The van der Waals surface area contributed by atoms with Crippen molar-refractivity contribution < 1.29 is 8.83 Å². The van der Waals surface area contributed by atoms with E-state index in [4.69, 9.17) is 24.2 Å². The fourth-order valence-electron chi connectivity index (χ4n) is 11.3. The van der Waals surface area contributed by atoms with E-state index in [1.54, 1.807) is 0 Å². The molecule has 0 aliphatic heterocycles. The van der Waals surface area contributed by atoms with E-state index in [1.807, 2.05) is 91.1 Å². The second-order valence-corrected chi connectivity index (χ2v) is 17.9. The lowest BCUT2D eigenvalue weighted by molar-refractivity contribution is 0.668. The van der Waals surface area contributed by atoms with Crippen LogP contribution in [0.4, 0.5) is 0 Å². The summed E-state index contributed by atoms with van der Waals surface area (Å²) in [5, 5.41) is 12.9. The molecule has 0 atom stereocenters. The second-order valence-electron chi connectivity index (χ2n) is 17.9. The van der Waals surface area contributed by atoms with Crippen LogP contribution in [0.2, 0.25) is 0 Å². The highest BCUT2D eigenvalue weighted by Gasteiger charge is 2.51. The Balaban J connectivity index is 0.833. The maximum absolute atomic E-state index is 9.04. The van der Waals surface area contributed by atoms with E-state index in [1.165, 1.54) is 50.1 Å². The van der Waals surface area contributed by atoms with Crippen LogP contribution >= 0.6 is 0 Å². The van der Waals surface area contributed by atoms with Crippen LogP contribution in [-0.4, -0.2) is 17.9 Å². The quantitative estimate of drug-likeness (QED) is 0.138. The molecule has 10 aromatic carbocycles. The van der Waals surface area contributed by atoms with Crippen molar-refractivity contribution in [3.63, 3.8) is 0 Å². The molecule has 0 unspecified atom stereocenters. The van der Waals surface area contributed by atoms with Gasteiger partial charge < -0.3 is 8.83 Å². The Labute approximate surface area is 397 Å². The predicted octanol–water partition coefficient (Wildman–Crippen LogP) is 16.1. The first kappa shape index (κ1) is 39.0. The lowest BCUT2D eigenvalue weighted by atomic mass is 9.70. The first-order valence-corrected chi connectivity index (χ1v) is 23.3. The summed E-state index contributed by atoms with van der Waals surface area (Å²) in [6, 6.07) is 78.7. The van der Waals surface area contributed by atoms with Gasteiger partial charge in [-0.2, -0.15) is 0 Å². The van der Waals surface area contributed by atoms with Gasteiger partial charge in [-0.05, 0) is 103 Å². The smallest absolute Gasteiger partial charge is 0.162 e. The molecule has 0 saturated carbocycles. The highest BCUT2D eigenvalue weighted by atomic mass is 16.3. The number of fused-ring (bicyclic) bond motifs is 16. The summed E-state index contributed by atoms with van der Waals surface area (Å²) < 4.78 is 12.7. The van der Waals surface area contributed by atoms with Crippen molar-refractivity contribution >= 4 is 61.8 Å². The molecule has 2 aliphatic rings. The van der Waals surface area contributed by atoms with E-state index in [9.17, 15) is 0 Å². The van der Waals surface area contributed by atoms with Crippen molar-refractivity contribution in [1.29, 1.82) is 5.41 Å². The van der Waals surface area contributed by atoms with Crippen molar-refractivity contribution in [1.82, 2.24) is 0 Å². The number of aliphatic imine (C=N–C) groups is 2. The number of hydrogen-bond acceptors (Lipinski definition) is 3. The van der Waals surface area contributed by atoms with E-state index in [-0.39, 0.29) is 11.3 Å². The number of hydrogen-bond donors (Lipinski definition) is 1. The third-order valence-corrected chi connectivity index (χ3v) is 14.3. The first-order chi connectivity index (χ1) is 34.1. The molecule has 5 heteroatoms. The highest BCUT2D eigenvalue weighted by molar-refractivity contribution is 6.23. The van der Waals surface area contributed by atoms with E-state index in [0.717, 1.165) is 71.7 Å². The number of rotatable bonds is 5. The Morgan fingerprint density at radius 3 is 1.64 bits per heavy atom. The van der Waals surface area contributed by atoms with Crippen LogP contribution in [0.1, 0.15) is 38.9 Å². The Kier molecular flexibility index (Phi) is 8.58. The maximum Gasteiger partial charge on any atom is 0.162 e. The van der Waals surface area contributed by atoms with Crippen LogP contribution < -0.4 is 0 Å². The normalized spacial score (nSPS) is 13.4. The van der Waals surface area contributed by atoms with Crippen LogP contribution in [0.3, 0.4) is 0 Å². The Morgan fingerprint density at radius 1 is 0.406 bits per heavy atom. The van der Waals surface area contributed by atoms with Gasteiger partial charge in [0.25, 0.3) is 0 Å². The lowest BCUT2D eigenvalue weighted by Gasteiger charge is -2.30. The third kappa shape index (κ3) is 5.87. The first-order valence-electron chi connectivity index (χ1n) is 23.3. The minimum Gasteiger partial charge on any atom is -0.456 e. The molecule has 5 nitrogen and oxygen atoms in total. The average molecular weight is 882 g/mol. The number of nitrogens with one attached hydrogen (secondary N) is 1. The summed E-state index contributed by atoms with van der Waals surface area (Å²) in [6.45, 7) is 0. The van der Waals surface area contributed by atoms with E-state index in [0.29, 0.717) is 11.4 Å². The molecule has 2 heterocycles. The molecule has 0 radical (unpaired) electrons. The largest absolute Gasteiger partial charge is 0.456 e. The predicted molar refractivity (Wildman–Crippen MR) is 282 cm³/mol. The number of furan rings is 2. The molecule has 12 aromatic rings. The van der Waals surface area contributed by atoms with Gasteiger partial charge in [0.2, 0.25) is 0 Å². The molecule has 322 valence electrons. The molecule has 14 rings (SSSR count). The third-order valence-electron chi connectivity index (χ3n) is 14.3. The Morgan fingerprint density at radius 2 is 0.928 bits per heavy atom. The van der Waals surface area contributed by atoms with Crippen molar-refractivity contribution in [3.8, 4) is 44.5 Å². The molecular formula is C64H39N3O2. The number of benzene rings is 10. The zero-order valence-corrected chi connectivity index (χ0v) is 37.2. The van der Waals surface area contributed by atoms with Gasteiger partial charge >= 0.3 is 0 Å². The molecule has 1 spiro atoms. The highest BCUT2D eigenvalue weighted by Crippen LogP contribution is 2.63. The summed E-state index contributed by atoms with van der Waals surface area (Å²) in [5.74, 6) is 0.527. The van der Waals surface area contributed by atoms with E-state index < -0.39 is 0 Å². The lowest BCUT2D eigenvalue weighted by Crippen LogP contribution is -2.25. The molecule has 0 fully saturated rings. The summed E-state index contributed by atoms with van der Waals surface area (Å²) in [6.07, 6.45) is 1.85. The minimum atomic E-state index is -0.351. The van der Waals surface area contributed by atoms with Crippen LogP contribution in [0.5, 0.6) is 0 Å². The molecule has 2 aliphatic carbocycles. The summed E-state index contributed by atoms with van der Waals surface area (Å²) in [4.78, 5) is 9.98. The Hall–Kier alpha value is -9.19. The van der Waals surface area contributed by atoms with Crippen molar-refractivity contribution in [2.45, 2.75) is 5.41 Å². The van der Waals surface area contributed by atoms with Crippen LogP contribution in [0.15, 0.2) is 243 Å². The summed E-state index contributed by atoms with van der Waals surface area (Å²) in [7, 11) is 0. The fourth-order valence-corrected chi connectivity index (χ4v) is 11.3. The topological polar surface area (TPSA) is 74.8 Å². The van der Waals surface area contributed by atoms with Gasteiger partial charge in [0, 0.05) is 44.4 Å². The monoisotopic (exact) mass is 881 g/mol. The molecule has 69 heavy (non-hydrogen) atoms. The molecule has 0 amide bonds. The van der Waals surface area contributed by atoms with Crippen molar-refractivity contribution in [2.24, 2.45) is 9.98 Å². The molecule has 0 bridgehead atoms. The van der Waals surface area contributed by atoms with Crippen LogP contribution in [-0.2, 0) is 5.41 Å². The number of para-hydroxylation sites is 1. The van der Waals surface area contributed by atoms with Crippen molar-refractivity contribution in [3.05, 3.63) is 263 Å². The van der Waals surface area contributed by atoms with Crippen molar-refractivity contribution in [2.75, 3.05) is 0 Å². The second kappa shape index (κ2) is 15.2. The molecule has 0 saturated heterocycles. The van der Waals surface area contributed by atoms with Gasteiger partial charge in [-0.25, -0.2) is 9.98 Å². The molecule has 1 N–H and O–H groups in total. The van der Waals surface area contributed by atoms with E-state index >= 15 is 0 Å². The average Bonchev–Trinajstić information content (AvgIpc) is 4.15. The van der Waals surface area contributed by atoms with Gasteiger partial charge in [0.1, 0.15) is 22.3 Å². The minimum absolute atomic E-state index is 0.117.